The summed E-state index contributed by atoms with van der Waals surface area (Å²) < 4.78 is 27.1. The summed E-state index contributed by atoms with van der Waals surface area (Å²) in [6.07, 6.45) is 0. The van der Waals surface area contributed by atoms with Gasteiger partial charge in [0.05, 0.1) is 4.90 Å². The third-order valence-electron chi connectivity index (χ3n) is 4.63. The van der Waals surface area contributed by atoms with Crippen LogP contribution in [0.15, 0.2) is 82.8 Å². The van der Waals surface area contributed by atoms with E-state index in [2.05, 4.69) is 10.4 Å². The highest BCUT2D eigenvalue weighted by Gasteiger charge is 2.34. The van der Waals surface area contributed by atoms with Crippen LogP contribution in [0.1, 0.15) is 16.7 Å². The monoisotopic (exact) mass is 439 g/mol. The van der Waals surface area contributed by atoms with Gasteiger partial charge in [0, 0.05) is 21.8 Å². The van der Waals surface area contributed by atoms with E-state index in [1.165, 1.54) is 12.1 Å². The van der Waals surface area contributed by atoms with Crippen molar-refractivity contribution in [1.82, 2.24) is 4.41 Å². The van der Waals surface area contributed by atoms with Crippen LogP contribution in [0.25, 0.3) is 0 Å². The van der Waals surface area contributed by atoms with Crippen molar-refractivity contribution in [3.63, 3.8) is 0 Å². The topological polar surface area (TPSA) is 78.8 Å². The van der Waals surface area contributed by atoms with Crippen LogP contribution in [-0.4, -0.2) is 31.0 Å². The van der Waals surface area contributed by atoms with Crippen molar-refractivity contribution in [3.05, 3.63) is 94.5 Å². The van der Waals surface area contributed by atoms with E-state index in [4.69, 9.17) is 11.6 Å². The molecule has 4 rings (SSSR count). The fourth-order valence-electron chi connectivity index (χ4n) is 3.13. The number of amides is 1. The third-order valence-corrected chi connectivity index (χ3v) is 6.54. The number of sulfonamides is 1. The number of nitrogens with one attached hydrogen (secondary N) is 1. The number of nitrogens with zero attached hydrogens (tertiary/aromatic N) is 2. The zero-order valence-electron chi connectivity index (χ0n) is 16.0. The second kappa shape index (κ2) is 7.93. The van der Waals surface area contributed by atoms with Crippen LogP contribution in [0.2, 0.25) is 5.02 Å². The van der Waals surface area contributed by atoms with Crippen molar-refractivity contribution in [2.45, 2.75) is 11.8 Å². The van der Waals surface area contributed by atoms with Crippen LogP contribution in [0, 0.1) is 6.92 Å². The summed E-state index contributed by atoms with van der Waals surface area (Å²) in [7, 11) is -4.01. The van der Waals surface area contributed by atoms with Crippen molar-refractivity contribution in [2.24, 2.45) is 5.10 Å². The van der Waals surface area contributed by atoms with Gasteiger partial charge in [0.1, 0.15) is 12.3 Å². The lowest BCUT2D eigenvalue weighted by atomic mass is 10.0. The molecule has 3 aromatic rings. The molecule has 0 unspecified atom stereocenters. The van der Waals surface area contributed by atoms with E-state index in [1.54, 1.807) is 18.2 Å². The number of hydrogen-bond acceptors (Lipinski definition) is 4. The molecular formula is C22H18ClN3O3S. The molecule has 6 nitrogen and oxygen atoms in total. The van der Waals surface area contributed by atoms with E-state index in [1.807, 2.05) is 49.4 Å². The quantitative estimate of drug-likeness (QED) is 0.666. The Hall–Kier alpha value is -3.16. The zero-order valence-corrected chi connectivity index (χ0v) is 17.6. The first-order chi connectivity index (χ1) is 14.3. The molecule has 0 aliphatic carbocycles. The number of aryl methyl sites for hydroxylation is 1. The summed E-state index contributed by atoms with van der Waals surface area (Å²) in [6, 6.07) is 20.9. The van der Waals surface area contributed by atoms with Crippen molar-refractivity contribution >= 4 is 38.9 Å². The highest BCUT2D eigenvalue weighted by molar-refractivity contribution is 7.89. The number of hydrazone groups is 1. The summed E-state index contributed by atoms with van der Waals surface area (Å²) in [5, 5.41) is 7.43. The molecule has 1 amide bonds. The average molecular weight is 440 g/mol. The number of hydrogen-bond donors (Lipinski definition) is 1. The normalized spacial score (nSPS) is 14.6. The van der Waals surface area contributed by atoms with Gasteiger partial charge in [-0.25, -0.2) is 0 Å². The molecule has 0 spiro atoms. The lowest BCUT2D eigenvalue weighted by Crippen LogP contribution is -2.38. The van der Waals surface area contributed by atoms with Crippen molar-refractivity contribution in [1.29, 1.82) is 0 Å². The van der Waals surface area contributed by atoms with Crippen LogP contribution >= 0.6 is 11.6 Å². The Morgan fingerprint density at radius 1 is 1.03 bits per heavy atom. The highest BCUT2D eigenvalue weighted by atomic mass is 35.5. The fraction of sp³-hybridized carbons (Fsp3) is 0.0909. The summed E-state index contributed by atoms with van der Waals surface area (Å²) in [6.45, 7) is 1.49. The lowest BCUT2D eigenvalue weighted by Gasteiger charge is -2.27. The molecule has 1 aliphatic rings. The number of anilines is 1. The van der Waals surface area contributed by atoms with Gasteiger partial charge in [-0.05, 0) is 37.3 Å². The molecule has 3 aromatic carbocycles. The Bertz CT molecular complexity index is 1240. The minimum Gasteiger partial charge on any atom is -0.324 e. The molecule has 1 heterocycles. The van der Waals surface area contributed by atoms with E-state index >= 15 is 0 Å². The summed E-state index contributed by atoms with van der Waals surface area (Å²) in [4.78, 5) is 12.6. The Labute approximate surface area is 179 Å². The first-order valence-corrected chi connectivity index (χ1v) is 11.0. The highest BCUT2D eigenvalue weighted by Crippen LogP contribution is 2.31. The molecule has 0 saturated carbocycles. The molecule has 0 saturated heterocycles. The van der Waals surface area contributed by atoms with Gasteiger partial charge >= 0.3 is 0 Å². The molecule has 0 fully saturated rings. The van der Waals surface area contributed by atoms with Gasteiger partial charge in [-0.15, -0.1) is 0 Å². The number of halogens is 1. The molecule has 1 aliphatic heterocycles. The van der Waals surface area contributed by atoms with Crippen molar-refractivity contribution in [3.8, 4) is 0 Å². The number of fused-ring (bicyclic) bond motifs is 1. The van der Waals surface area contributed by atoms with Crippen molar-refractivity contribution in [2.75, 3.05) is 11.9 Å². The van der Waals surface area contributed by atoms with Crippen LogP contribution in [0.5, 0.6) is 0 Å². The Kier molecular flexibility index (Phi) is 5.32. The molecule has 30 heavy (non-hydrogen) atoms. The third kappa shape index (κ3) is 3.94. The smallest absolute Gasteiger partial charge is 0.280 e. The second-order valence-electron chi connectivity index (χ2n) is 6.85. The van der Waals surface area contributed by atoms with Gasteiger partial charge in [0.25, 0.3) is 10.0 Å². The molecule has 0 bridgehead atoms. The van der Waals surface area contributed by atoms with Crippen LogP contribution in [0.4, 0.5) is 5.69 Å². The molecule has 8 heteroatoms. The van der Waals surface area contributed by atoms with E-state index in [9.17, 15) is 13.2 Å². The largest absolute Gasteiger partial charge is 0.324 e. The molecular weight excluding hydrogens is 422 g/mol. The first-order valence-electron chi connectivity index (χ1n) is 9.18. The SMILES string of the molecule is Cc1ccc(NC(=O)CN2N=C(c3ccccc3)c3cc(Cl)ccc3S2(=O)=O)cc1. The van der Waals surface area contributed by atoms with Crippen LogP contribution in [0.3, 0.4) is 0 Å². The average Bonchev–Trinajstić information content (AvgIpc) is 2.72. The summed E-state index contributed by atoms with van der Waals surface area (Å²) in [5.41, 5.74) is 3.20. The number of carbonyl (C=O) groups is 1. The molecule has 152 valence electrons. The maximum Gasteiger partial charge on any atom is 0.280 e. The predicted octanol–water partition coefficient (Wildman–Crippen LogP) is 4.04. The molecule has 0 aromatic heterocycles. The molecule has 0 radical (unpaired) electrons. The zero-order chi connectivity index (χ0) is 21.3. The van der Waals surface area contributed by atoms with Gasteiger partial charge < -0.3 is 5.32 Å². The van der Waals surface area contributed by atoms with Gasteiger partial charge in [0.15, 0.2) is 0 Å². The molecule has 1 N–H and O–H groups in total. The van der Waals surface area contributed by atoms with Gasteiger partial charge in [0.2, 0.25) is 5.91 Å². The Balaban J connectivity index is 1.71. The summed E-state index contributed by atoms with van der Waals surface area (Å²) in [5.74, 6) is -0.490. The van der Waals surface area contributed by atoms with E-state index in [0.717, 1.165) is 15.5 Å². The second-order valence-corrected chi connectivity index (χ2v) is 9.10. The molecule has 0 atom stereocenters. The van der Waals surface area contributed by atoms with Crippen LogP contribution < -0.4 is 5.32 Å². The van der Waals surface area contributed by atoms with Crippen molar-refractivity contribution < 1.29 is 13.2 Å². The van der Waals surface area contributed by atoms with Gasteiger partial charge in [-0.2, -0.15) is 17.9 Å². The fourth-order valence-corrected chi connectivity index (χ4v) is 4.68. The first kappa shape index (κ1) is 20.1. The standard InChI is InChI=1S/C22H18ClN3O3S/c1-15-7-10-18(11-8-15)24-21(27)14-26-25-22(16-5-3-2-4-6-16)19-13-17(23)9-12-20(19)30(26,28)29/h2-13H,14H2,1H3,(H,24,27). The maximum atomic E-state index is 13.1. The van der Waals surface area contributed by atoms with Gasteiger partial charge in [-0.1, -0.05) is 59.6 Å². The Morgan fingerprint density at radius 3 is 2.43 bits per heavy atom. The van der Waals surface area contributed by atoms with Gasteiger partial charge in [-0.3, -0.25) is 4.79 Å². The van der Waals surface area contributed by atoms with E-state index in [0.29, 0.717) is 22.0 Å². The minimum atomic E-state index is -4.01. The van der Waals surface area contributed by atoms with E-state index in [-0.39, 0.29) is 4.90 Å². The number of rotatable bonds is 4. The predicted molar refractivity (Wildman–Crippen MR) is 117 cm³/mol. The number of carbonyl (C=O) groups excluding carboxylic acids is 1. The summed E-state index contributed by atoms with van der Waals surface area (Å²) >= 11 is 6.12. The number of benzene rings is 3. The lowest BCUT2D eigenvalue weighted by molar-refractivity contribution is -0.116. The van der Waals surface area contributed by atoms with Crippen LogP contribution in [-0.2, 0) is 14.8 Å². The van der Waals surface area contributed by atoms with E-state index < -0.39 is 22.5 Å². The maximum absolute atomic E-state index is 13.1. The minimum absolute atomic E-state index is 0.0592. The Morgan fingerprint density at radius 2 is 1.73 bits per heavy atom.